The SMILES string of the molecule is COc1ccc(C(=O)Nc2ccc(Nc3cccc(C)c3)cn2)cc1OC. The van der Waals surface area contributed by atoms with Crippen molar-refractivity contribution >= 4 is 23.1 Å². The smallest absolute Gasteiger partial charge is 0.256 e. The molecule has 1 amide bonds. The maximum atomic E-state index is 12.4. The topological polar surface area (TPSA) is 72.5 Å². The third-order valence-corrected chi connectivity index (χ3v) is 3.96. The molecule has 2 aromatic carbocycles. The fourth-order valence-electron chi connectivity index (χ4n) is 2.60. The van der Waals surface area contributed by atoms with Crippen LogP contribution in [0.4, 0.5) is 17.2 Å². The van der Waals surface area contributed by atoms with Crippen LogP contribution in [-0.2, 0) is 0 Å². The first-order valence-electron chi connectivity index (χ1n) is 8.42. The maximum Gasteiger partial charge on any atom is 0.256 e. The largest absolute Gasteiger partial charge is 0.493 e. The van der Waals surface area contributed by atoms with Crippen LogP contribution in [0.5, 0.6) is 11.5 Å². The molecule has 0 bridgehead atoms. The molecule has 0 spiro atoms. The first kappa shape index (κ1) is 18.3. The van der Waals surface area contributed by atoms with E-state index in [-0.39, 0.29) is 5.91 Å². The Morgan fingerprint density at radius 3 is 2.41 bits per heavy atom. The predicted octanol–water partition coefficient (Wildman–Crippen LogP) is 4.40. The molecule has 138 valence electrons. The normalized spacial score (nSPS) is 10.2. The van der Waals surface area contributed by atoms with Gasteiger partial charge >= 0.3 is 0 Å². The average molecular weight is 363 g/mol. The first-order valence-corrected chi connectivity index (χ1v) is 8.42. The van der Waals surface area contributed by atoms with Crippen LogP contribution in [0, 0.1) is 6.92 Å². The van der Waals surface area contributed by atoms with E-state index in [9.17, 15) is 4.79 Å². The zero-order valence-electron chi connectivity index (χ0n) is 15.4. The van der Waals surface area contributed by atoms with E-state index < -0.39 is 0 Å². The number of ether oxygens (including phenoxy) is 2. The number of aromatic nitrogens is 1. The number of methoxy groups -OCH3 is 2. The van der Waals surface area contributed by atoms with Crippen LogP contribution in [-0.4, -0.2) is 25.1 Å². The minimum atomic E-state index is -0.275. The van der Waals surface area contributed by atoms with Gasteiger partial charge in [-0.05, 0) is 55.0 Å². The Morgan fingerprint density at radius 1 is 0.926 bits per heavy atom. The van der Waals surface area contributed by atoms with Crippen LogP contribution in [0.15, 0.2) is 60.8 Å². The summed E-state index contributed by atoms with van der Waals surface area (Å²) < 4.78 is 10.4. The minimum Gasteiger partial charge on any atom is -0.493 e. The standard InChI is InChI=1S/C21H21N3O3/c1-14-5-4-6-16(11-14)23-17-8-10-20(22-13-17)24-21(25)15-7-9-18(26-2)19(12-15)27-3/h4-13,23H,1-3H3,(H,22,24,25). The maximum absolute atomic E-state index is 12.4. The van der Waals surface area contributed by atoms with Crippen molar-refractivity contribution in [3.05, 3.63) is 71.9 Å². The van der Waals surface area contributed by atoms with Crippen molar-refractivity contribution in [2.24, 2.45) is 0 Å². The van der Waals surface area contributed by atoms with Gasteiger partial charge in [-0.3, -0.25) is 4.79 Å². The van der Waals surface area contributed by atoms with Gasteiger partial charge < -0.3 is 20.1 Å². The van der Waals surface area contributed by atoms with Gasteiger partial charge in [0.1, 0.15) is 5.82 Å². The number of carbonyl (C=O) groups is 1. The van der Waals surface area contributed by atoms with Gasteiger partial charge in [-0.1, -0.05) is 12.1 Å². The molecule has 3 rings (SSSR count). The average Bonchev–Trinajstić information content (AvgIpc) is 2.69. The monoisotopic (exact) mass is 363 g/mol. The second kappa shape index (κ2) is 8.23. The lowest BCUT2D eigenvalue weighted by atomic mass is 10.2. The number of anilines is 3. The number of nitrogens with zero attached hydrogens (tertiary/aromatic N) is 1. The number of hydrogen-bond acceptors (Lipinski definition) is 5. The number of rotatable bonds is 6. The summed E-state index contributed by atoms with van der Waals surface area (Å²) in [4.78, 5) is 16.7. The number of benzene rings is 2. The van der Waals surface area contributed by atoms with Crippen LogP contribution in [0.1, 0.15) is 15.9 Å². The molecule has 0 fully saturated rings. The Kier molecular flexibility index (Phi) is 5.56. The summed E-state index contributed by atoms with van der Waals surface area (Å²) in [7, 11) is 3.08. The Morgan fingerprint density at radius 2 is 1.74 bits per heavy atom. The van der Waals surface area contributed by atoms with Gasteiger partial charge in [-0.15, -0.1) is 0 Å². The van der Waals surface area contributed by atoms with Crippen LogP contribution >= 0.6 is 0 Å². The molecule has 1 heterocycles. The molecule has 3 aromatic rings. The van der Waals surface area contributed by atoms with Crippen LogP contribution in [0.25, 0.3) is 0 Å². The van der Waals surface area contributed by atoms with Crippen molar-refractivity contribution in [1.29, 1.82) is 0 Å². The molecule has 0 radical (unpaired) electrons. The van der Waals surface area contributed by atoms with Gasteiger partial charge in [0.2, 0.25) is 0 Å². The summed E-state index contributed by atoms with van der Waals surface area (Å²) in [6.45, 7) is 2.04. The van der Waals surface area contributed by atoms with Gasteiger partial charge in [0.25, 0.3) is 5.91 Å². The Balaban J connectivity index is 1.68. The van der Waals surface area contributed by atoms with Crippen LogP contribution in [0.3, 0.4) is 0 Å². The third kappa shape index (κ3) is 4.55. The Bertz CT molecular complexity index is 940. The number of hydrogen-bond donors (Lipinski definition) is 2. The summed E-state index contributed by atoms with van der Waals surface area (Å²) in [6, 6.07) is 16.7. The first-order chi connectivity index (χ1) is 13.1. The minimum absolute atomic E-state index is 0.275. The molecule has 27 heavy (non-hydrogen) atoms. The summed E-state index contributed by atoms with van der Waals surface area (Å²) in [6.07, 6.45) is 1.67. The summed E-state index contributed by atoms with van der Waals surface area (Å²) >= 11 is 0. The molecule has 0 saturated heterocycles. The van der Waals surface area contributed by atoms with E-state index in [2.05, 4.69) is 15.6 Å². The quantitative estimate of drug-likeness (QED) is 0.679. The van der Waals surface area contributed by atoms with Crippen molar-refractivity contribution in [3.8, 4) is 11.5 Å². The molecule has 0 aliphatic rings. The lowest BCUT2D eigenvalue weighted by molar-refractivity contribution is 0.102. The molecule has 0 aliphatic carbocycles. The van der Waals surface area contributed by atoms with E-state index in [0.717, 1.165) is 11.4 Å². The fraction of sp³-hybridized carbons (Fsp3) is 0.143. The molecule has 6 heteroatoms. The van der Waals surface area contributed by atoms with Crippen molar-refractivity contribution in [2.75, 3.05) is 24.9 Å². The lowest BCUT2D eigenvalue weighted by Gasteiger charge is -2.10. The van der Waals surface area contributed by atoms with Crippen molar-refractivity contribution < 1.29 is 14.3 Å². The van der Waals surface area contributed by atoms with Gasteiger partial charge in [0.05, 0.1) is 26.1 Å². The molecule has 6 nitrogen and oxygen atoms in total. The molecule has 0 unspecified atom stereocenters. The number of aryl methyl sites for hydroxylation is 1. The number of amides is 1. The van der Waals surface area contributed by atoms with Gasteiger partial charge in [0.15, 0.2) is 11.5 Å². The van der Waals surface area contributed by atoms with Crippen LogP contribution in [0.2, 0.25) is 0 Å². The molecule has 0 saturated carbocycles. The second-order valence-corrected chi connectivity index (χ2v) is 5.95. The highest BCUT2D eigenvalue weighted by Gasteiger charge is 2.11. The van der Waals surface area contributed by atoms with E-state index in [1.807, 2.05) is 37.3 Å². The predicted molar refractivity (Wildman–Crippen MR) is 106 cm³/mol. The van der Waals surface area contributed by atoms with Crippen molar-refractivity contribution in [3.63, 3.8) is 0 Å². The molecular formula is C21H21N3O3. The fourth-order valence-corrected chi connectivity index (χ4v) is 2.60. The highest BCUT2D eigenvalue weighted by atomic mass is 16.5. The highest BCUT2D eigenvalue weighted by Crippen LogP contribution is 2.28. The van der Waals surface area contributed by atoms with E-state index in [1.165, 1.54) is 12.7 Å². The number of nitrogens with one attached hydrogen (secondary N) is 2. The number of carbonyl (C=O) groups excluding carboxylic acids is 1. The van der Waals surface area contributed by atoms with E-state index in [1.54, 1.807) is 37.6 Å². The summed E-state index contributed by atoms with van der Waals surface area (Å²) in [5, 5.41) is 6.05. The Labute approximate surface area is 158 Å². The van der Waals surface area contributed by atoms with Gasteiger partial charge in [-0.25, -0.2) is 4.98 Å². The van der Waals surface area contributed by atoms with Crippen molar-refractivity contribution in [2.45, 2.75) is 6.92 Å². The summed E-state index contributed by atoms with van der Waals surface area (Å²) in [5.41, 5.74) is 3.45. The molecule has 1 aromatic heterocycles. The molecule has 0 atom stereocenters. The van der Waals surface area contributed by atoms with E-state index in [4.69, 9.17) is 9.47 Å². The summed E-state index contributed by atoms with van der Waals surface area (Å²) in [5.74, 6) is 1.25. The van der Waals surface area contributed by atoms with Crippen molar-refractivity contribution in [1.82, 2.24) is 4.98 Å². The van der Waals surface area contributed by atoms with Crippen LogP contribution < -0.4 is 20.1 Å². The lowest BCUT2D eigenvalue weighted by Crippen LogP contribution is -2.13. The second-order valence-electron chi connectivity index (χ2n) is 5.95. The highest BCUT2D eigenvalue weighted by molar-refractivity contribution is 6.04. The van der Waals surface area contributed by atoms with Gasteiger partial charge in [-0.2, -0.15) is 0 Å². The van der Waals surface area contributed by atoms with Gasteiger partial charge in [0, 0.05) is 11.3 Å². The molecule has 0 aliphatic heterocycles. The van der Waals surface area contributed by atoms with E-state index in [0.29, 0.717) is 22.9 Å². The number of pyridine rings is 1. The Hall–Kier alpha value is -3.54. The third-order valence-electron chi connectivity index (χ3n) is 3.96. The molecular weight excluding hydrogens is 342 g/mol. The van der Waals surface area contributed by atoms with E-state index >= 15 is 0 Å². The zero-order chi connectivity index (χ0) is 19.2. The zero-order valence-corrected chi connectivity index (χ0v) is 15.4. The molecule has 2 N–H and O–H groups in total.